The van der Waals surface area contributed by atoms with Crippen LogP contribution in [0.3, 0.4) is 0 Å². The molecule has 0 radical (unpaired) electrons. The third kappa shape index (κ3) is 4.31. The van der Waals surface area contributed by atoms with Gasteiger partial charge in [0.2, 0.25) is 0 Å². The zero-order valence-electron chi connectivity index (χ0n) is 9.80. The van der Waals surface area contributed by atoms with Gasteiger partial charge in [-0.1, -0.05) is 11.6 Å². The molecule has 1 heterocycles. The number of hydrogen-bond acceptors (Lipinski definition) is 3. The van der Waals surface area contributed by atoms with Gasteiger partial charge < -0.3 is 10.1 Å². The third-order valence-corrected chi connectivity index (χ3v) is 5.86. The Balaban J connectivity index is 2.01. The molecule has 0 fully saturated rings. The van der Waals surface area contributed by atoms with Crippen molar-refractivity contribution >= 4 is 60.5 Å². The van der Waals surface area contributed by atoms with E-state index < -0.39 is 6.61 Å². The lowest BCUT2D eigenvalue weighted by Gasteiger charge is -2.09. The van der Waals surface area contributed by atoms with Crippen LogP contribution < -0.4 is 10.1 Å². The molecule has 0 spiro atoms. The Bertz CT molecular complexity index is 590. The number of alkyl halides is 2. The number of rotatable bonds is 5. The predicted molar refractivity (Wildman–Crippen MR) is 85.1 cm³/mol. The van der Waals surface area contributed by atoms with Crippen molar-refractivity contribution in [1.29, 1.82) is 0 Å². The molecule has 1 aromatic heterocycles. The van der Waals surface area contributed by atoms with E-state index in [1.54, 1.807) is 23.5 Å². The summed E-state index contributed by atoms with van der Waals surface area (Å²) in [5, 5.41) is 3.31. The SMILES string of the molecule is FC(F)Oc1ccc(NCc2cc(Br)c(Br)s2)cc1Cl. The highest BCUT2D eigenvalue weighted by Crippen LogP contribution is 2.33. The average Bonchev–Trinajstić information content (AvgIpc) is 2.69. The van der Waals surface area contributed by atoms with Gasteiger partial charge in [-0.25, -0.2) is 0 Å². The standard InChI is InChI=1S/C12H8Br2ClF2NOS/c13-8-4-7(20-11(8)14)5-18-6-1-2-10(9(15)3-6)19-12(16)17/h1-4,12,18H,5H2. The topological polar surface area (TPSA) is 21.3 Å². The largest absolute Gasteiger partial charge is 0.433 e. The van der Waals surface area contributed by atoms with Crippen LogP contribution in [0.15, 0.2) is 32.5 Å². The summed E-state index contributed by atoms with van der Waals surface area (Å²) in [6, 6.07) is 6.60. The zero-order valence-corrected chi connectivity index (χ0v) is 14.5. The van der Waals surface area contributed by atoms with Crippen LogP contribution in [-0.2, 0) is 6.54 Å². The van der Waals surface area contributed by atoms with Crippen LogP contribution in [-0.4, -0.2) is 6.61 Å². The van der Waals surface area contributed by atoms with Crippen LogP contribution >= 0.6 is 54.8 Å². The van der Waals surface area contributed by atoms with E-state index in [4.69, 9.17) is 11.6 Å². The van der Waals surface area contributed by atoms with Gasteiger partial charge in [0.15, 0.2) is 0 Å². The molecule has 0 amide bonds. The van der Waals surface area contributed by atoms with E-state index in [-0.39, 0.29) is 10.8 Å². The van der Waals surface area contributed by atoms with Crippen molar-refractivity contribution in [1.82, 2.24) is 0 Å². The van der Waals surface area contributed by atoms with Gasteiger partial charge in [0.05, 0.1) is 8.81 Å². The van der Waals surface area contributed by atoms with E-state index in [1.807, 2.05) is 6.07 Å². The Morgan fingerprint density at radius 3 is 2.60 bits per heavy atom. The zero-order chi connectivity index (χ0) is 14.7. The number of thiophene rings is 1. The molecule has 2 aromatic rings. The first-order chi connectivity index (χ1) is 9.45. The molecule has 1 aromatic carbocycles. The molecule has 0 saturated carbocycles. The molecule has 2 nitrogen and oxygen atoms in total. The summed E-state index contributed by atoms with van der Waals surface area (Å²) in [4.78, 5) is 1.12. The van der Waals surface area contributed by atoms with Crippen molar-refractivity contribution in [3.05, 3.63) is 42.4 Å². The Labute approximate surface area is 140 Å². The van der Waals surface area contributed by atoms with Crippen molar-refractivity contribution in [2.75, 3.05) is 5.32 Å². The number of nitrogens with one attached hydrogen (secondary N) is 1. The van der Waals surface area contributed by atoms with Crippen LogP contribution in [0.4, 0.5) is 14.5 Å². The van der Waals surface area contributed by atoms with Crippen molar-refractivity contribution in [2.45, 2.75) is 13.2 Å². The predicted octanol–water partition coefficient (Wildman–Crippen LogP) is 6.14. The van der Waals surface area contributed by atoms with E-state index in [1.165, 1.54) is 6.07 Å². The first-order valence-electron chi connectivity index (χ1n) is 5.37. The fourth-order valence-electron chi connectivity index (χ4n) is 1.47. The van der Waals surface area contributed by atoms with Crippen LogP contribution in [0.25, 0.3) is 0 Å². The molecule has 20 heavy (non-hydrogen) atoms. The molecule has 0 aliphatic rings. The molecule has 0 unspecified atom stereocenters. The third-order valence-electron chi connectivity index (χ3n) is 2.31. The van der Waals surface area contributed by atoms with Gasteiger partial charge in [-0.15, -0.1) is 11.3 Å². The van der Waals surface area contributed by atoms with Crippen molar-refractivity contribution in [2.24, 2.45) is 0 Å². The first kappa shape index (κ1) is 16.0. The molecule has 1 N–H and O–H groups in total. The van der Waals surface area contributed by atoms with Gasteiger partial charge in [0, 0.05) is 21.6 Å². The van der Waals surface area contributed by atoms with Gasteiger partial charge in [-0.2, -0.15) is 8.78 Å². The second-order valence-corrected chi connectivity index (χ2v) is 7.43. The molecule has 0 aliphatic carbocycles. The second-order valence-electron chi connectivity index (χ2n) is 3.71. The Hall–Kier alpha value is -0.370. The molecule has 108 valence electrons. The Kier molecular flexibility index (Phi) is 5.65. The maximum atomic E-state index is 12.1. The van der Waals surface area contributed by atoms with Gasteiger partial charge in [0.1, 0.15) is 5.75 Å². The van der Waals surface area contributed by atoms with E-state index in [2.05, 4.69) is 41.9 Å². The number of ether oxygens (including phenoxy) is 1. The highest BCUT2D eigenvalue weighted by molar-refractivity contribution is 9.13. The molecular weight excluding hydrogens is 439 g/mol. The lowest BCUT2D eigenvalue weighted by atomic mass is 10.3. The summed E-state index contributed by atoms with van der Waals surface area (Å²) < 4.78 is 30.5. The van der Waals surface area contributed by atoms with Crippen molar-refractivity contribution in [3.8, 4) is 5.75 Å². The van der Waals surface area contributed by atoms with Crippen LogP contribution in [0.1, 0.15) is 4.88 Å². The summed E-state index contributed by atoms with van der Waals surface area (Å²) >= 11 is 14.3. The minimum absolute atomic E-state index is 0.0335. The summed E-state index contributed by atoms with van der Waals surface area (Å²) in [6.45, 7) is -2.27. The van der Waals surface area contributed by atoms with E-state index in [0.717, 1.165) is 18.8 Å². The normalized spacial score (nSPS) is 10.9. The molecule has 0 bridgehead atoms. The number of hydrogen-bond donors (Lipinski definition) is 1. The minimum Gasteiger partial charge on any atom is -0.433 e. The first-order valence-corrected chi connectivity index (χ1v) is 8.15. The molecule has 0 aliphatic heterocycles. The molecule has 0 saturated heterocycles. The lowest BCUT2D eigenvalue weighted by molar-refractivity contribution is -0.0497. The number of halogens is 5. The maximum Gasteiger partial charge on any atom is 0.387 e. The molecular formula is C12H8Br2ClF2NOS. The summed E-state index contributed by atoms with van der Waals surface area (Å²) in [7, 11) is 0. The van der Waals surface area contributed by atoms with Crippen LogP contribution in [0.2, 0.25) is 5.02 Å². The quantitative estimate of drug-likeness (QED) is 0.595. The van der Waals surface area contributed by atoms with E-state index >= 15 is 0 Å². The summed E-state index contributed by atoms with van der Waals surface area (Å²) in [5.41, 5.74) is 0.734. The summed E-state index contributed by atoms with van der Waals surface area (Å²) in [5.74, 6) is -0.0335. The molecule has 8 heteroatoms. The maximum absolute atomic E-state index is 12.1. The van der Waals surface area contributed by atoms with Crippen LogP contribution in [0.5, 0.6) is 5.75 Å². The smallest absolute Gasteiger partial charge is 0.387 e. The lowest BCUT2D eigenvalue weighted by Crippen LogP contribution is -2.03. The van der Waals surface area contributed by atoms with E-state index in [9.17, 15) is 8.78 Å². The van der Waals surface area contributed by atoms with Gasteiger partial charge >= 0.3 is 6.61 Å². The molecule has 2 rings (SSSR count). The fraction of sp³-hybridized carbons (Fsp3) is 0.167. The van der Waals surface area contributed by atoms with Crippen molar-refractivity contribution < 1.29 is 13.5 Å². The summed E-state index contributed by atoms with van der Waals surface area (Å²) in [6.07, 6.45) is 0. The van der Waals surface area contributed by atoms with E-state index in [0.29, 0.717) is 6.54 Å². The van der Waals surface area contributed by atoms with Gasteiger partial charge in [-0.05, 0) is 56.1 Å². The second kappa shape index (κ2) is 7.06. The highest BCUT2D eigenvalue weighted by Gasteiger charge is 2.09. The number of benzene rings is 1. The van der Waals surface area contributed by atoms with Gasteiger partial charge in [-0.3, -0.25) is 0 Å². The van der Waals surface area contributed by atoms with Gasteiger partial charge in [0.25, 0.3) is 0 Å². The van der Waals surface area contributed by atoms with Crippen LogP contribution in [0, 0.1) is 0 Å². The monoisotopic (exact) mass is 445 g/mol. The average molecular weight is 448 g/mol. The minimum atomic E-state index is -2.88. The van der Waals surface area contributed by atoms with Crippen molar-refractivity contribution in [3.63, 3.8) is 0 Å². The molecule has 0 atom stereocenters. The Morgan fingerprint density at radius 1 is 1.30 bits per heavy atom. The fourth-order valence-corrected chi connectivity index (χ4v) is 3.81. The Morgan fingerprint density at radius 2 is 2.05 bits per heavy atom. The highest BCUT2D eigenvalue weighted by atomic mass is 79.9. The number of anilines is 1.